The number of halogens is 2. The largest absolute Gasteiger partial charge is 0.352 e. The predicted octanol–water partition coefficient (Wildman–Crippen LogP) is 1.89. The average molecular weight is 428 g/mol. The fourth-order valence-electron chi connectivity index (χ4n) is 4.12. The monoisotopic (exact) mass is 428 g/mol. The van der Waals surface area contributed by atoms with Gasteiger partial charge in [-0.05, 0) is 49.7 Å². The number of nitrogens with zero attached hydrogens (tertiary/aromatic N) is 1. The number of carbonyl (C=O) groups excluding carboxylic acids is 3. The summed E-state index contributed by atoms with van der Waals surface area (Å²) in [5, 5.41) is 8.43. The zero-order valence-electron chi connectivity index (χ0n) is 16.9. The Bertz CT molecular complexity index is 1060. The van der Waals surface area contributed by atoms with Crippen LogP contribution in [0.3, 0.4) is 0 Å². The molecule has 162 valence electrons. The molecule has 0 aliphatic carbocycles. The molecular weight excluding hydrogens is 406 g/mol. The van der Waals surface area contributed by atoms with Crippen molar-refractivity contribution in [1.82, 2.24) is 15.5 Å². The lowest BCUT2D eigenvalue weighted by molar-refractivity contribution is -0.124. The Balaban J connectivity index is 1.61. The molecule has 4 rings (SSSR count). The molecule has 3 N–H and O–H groups in total. The Morgan fingerprint density at radius 1 is 1.16 bits per heavy atom. The van der Waals surface area contributed by atoms with Gasteiger partial charge in [0.2, 0.25) is 11.8 Å². The van der Waals surface area contributed by atoms with Gasteiger partial charge in [-0.3, -0.25) is 14.4 Å². The SMILES string of the molecule is CNCC(=O)N[C@@H]1CCN2C(=O)c3cc(-c4ccc(F)cc4F)ccc3NC(=O)[C@@H]2C1. The Kier molecular flexibility index (Phi) is 5.69. The maximum Gasteiger partial charge on any atom is 0.256 e. The number of rotatable bonds is 4. The molecule has 2 aromatic rings. The molecule has 0 unspecified atom stereocenters. The van der Waals surface area contributed by atoms with Gasteiger partial charge in [-0.1, -0.05) is 6.07 Å². The normalized spacial score (nSPS) is 20.4. The van der Waals surface area contributed by atoms with Crippen molar-refractivity contribution in [3.63, 3.8) is 0 Å². The van der Waals surface area contributed by atoms with Gasteiger partial charge in [0.25, 0.3) is 5.91 Å². The van der Waals surface area contributed by atoms with E-state index in [0.717, 1.165) is 12.1 Å². The molecule has 1 saturated heterocycles. The van der Waals surface area contributed by atoms with E-state index in [2.05, 4.69) is 16.0 Å². The van der Waals surface area contributed by atoms with Crippen LogP contribution in [0.15, 0.2) is 36.4 Å². The Morgan fingerprint density at radius 3 is 2.71 bits per heavy atom. The van der Waals surface area contributed by atoms with Crippen molar-refractivity contribution in [2.24, 2.45) is 0 Å². The number of hydrogen-bond acceptors (Lipinski definition) is 4. The van der Waals surface area contributed by atoms with Crippen molar-refractivity contribution in [2.75, 3.05) is 25.5 Å². The zero-order valence-corrected chi connectivity index (χ0v) is 16.9. The lowest BCUT2D eigenvalue weighted by Crippen LogP contribution is -2.55. The van der Waals surface area contributed by atoms with Crippen molar-refractivity contribution in [1.29, 1.82) is 0 Å². The van der Waals surface area contributed by atoms with E-state index in [9.17, 15) is 23.2 Å². The molecule has 0 radical (unpaired) electrons. The van der Waals surface area contributed by atoms with E-state index >= 15 is 0 Å². The number of anilines is 1. The van der Waals surface area contributed by atoms with E-state index in [0.29, 0.717) is 30.6 Å². The van der Waals surface area contributed by atoms with Crippen LogP contribution in [0.5, 0.6) is 0 Å². The molecule has 2 atom stereocenters. The van der Waals surface area contributed by atoms with Crippen LogP contribution in [0.2, 0.25) is 0 Å². The van der Waals surface area contributed by atoms with Gasteiger partial charge >= 0.3 is 0 Å². The first kappa shape index (κ1) is 20.9. The predicted molar refractivity (Wildman–Crippen MR) is 110 cm³/mol. The summed E-state index contributed by atoms with van der Waals surface area (Å²) >= 11 is 0. The van der Waals surface area contributed by atoms with Crippen molar-refractivity contribution in [3.05, 3.63) is 53.6 Å². The zero-order chi connectivity index (χ0) is 22.1. The molecular formula is C22H22F2N4O3. The lowest BCUT2D eigenvalue weighted by atomic mass is 9.95. The van der Waals surface area contributed by atoms with E-state index in [4.69, 9.17) is 0 Å². The van der Waals surface area contributed by atoms with Gasteiger partial charge in [-0.2, -0.15) is 0 Å². The average Bonchev–Trinajstić information content (AvgIpc) is 2.83. The number of fused-ring (bicyclic) bond motifs is 2. The van der Waals surface area contributed by atoms with Gasteiger partial charge < -0.3 is 20.9 Å². The van der Waals surface area contributed by atoms with Gasteiger partial charge in [0, 0.05) is 24.2 Å². The summed E-state index contributed by atoms with van der Waals surface area (Å²) in [6.07, 6.45) is 0.826. The summed E-state index contributed by atoms with van der Waals surface area (Å²) < 4.78 is 27.5. The number of piperidine rings is 1. The highest BCUT2D eigenvalue weighted by Gasteiger charge is 2.40. The second-order valence-corrected chi connectivity index (χ2v) is 7.71. The Labute approximate surface area is 177 Å². The third kappa shape index (κ3) is 4.13. The molecule has 2 aromatic carbocycles. The molecule has 0 bridgehead atoms. The standard InChI is InChI=1S/C22H22F2N4O3/c1-25-11-20(29)26-14-6-7-28-19(10-14)21(30)27-18-5-2-12(8-16(18)22(28)31)15-4-3-13(23)9-17(15)24/h2-5,8-9,14,19,25H,6-7,10-11H2,1H3,(H,26,29)(H,27,30)/t14-,19+/m1/s1. The minimum absolute atomic E-state index is 0.162. The second kappa shape index (κ2) is 8.43. The number of hydrogen-bond donors (Lipinski definition) is 3. The molecule has 2 aliphatic rings. The molecule has 0 saturated carbocycles. The third-order valence-corrected chi connectivity index (χ3v) is 5.62. The van der Waals surface area contributed by atoms with Gasteiger partial charge in [0.1, 0.15) is 17.7 Å². The smallest absolute Gasteiger partial charge is 0.256 e. The second-order valence-electron chi connectivity index (χ2n) is 7.71. The van der Waals surface area contributed by atoms with Gasteiger partial charge in [0.15, 0.2) is 0 Å². The molecule has 3 amide bonds. The maximum atomic E-state index is 14.2. The summed E-state index contributed by atoms with van der Waals surface area (Å²) in [6, 6.07) is 6.95. The Hall–Kier alpha value is -3.33. The number of amides is 3. The van der Waals surface area contributed by atoms with Crippen LogP contribution >= 0.6 is 0 Å². The summed E-state index contributed by atoms with van der Waals surface area (Å²) in [5.41, 5.74) is 1.16. The first-order valence-electron chi connectivity index (χ1n) is 10.0. The summed E-state index contributed by atoms with van der Waals surface area (Å²) in [4.78, 5) is 39.5. The number of carbonyl (C=O) groups is 3. The van der Waals surface area contributed by atoms with Crippen molar-refractivity contribution < 1.29 is 23.2 Å². The van der Waals surface area contributed by atoms with Crippen LogP contribution < -0.4 is 16.0 Å². The molecule has 0 aromatic heterocycles. The fourth-order valence-corrected chi connectivity index (χ4v) is 4.12. The topological polar surface area (TPSA) is 90.5 Å². The number of likely N-dealkylation sites (N-methyl/N-ethyl adjacent to an activating group) is 1. The van der Waals surface area contributed by atoms with Crippen molar-refractivity contribution in [3.8, 4) is 11.1 Å². The van der Waals surface area contributed by atoms with Crippen LogP contribution in [0.1, 0.15) is 23.2 Å². The first-order valence-corrected chi connectivity index (χ1v) is 10.0. The molecule has 1 fully saturated rings. The van der Waals surface area contributed by atoms with Crippen LogP contribution in [0, 0.1) is 11.6 Å². The van der Waals surface area contributed by atoms with Crippen molar-refractivity contribution in [2.45, 2.75) is 24.9 Å². The molecule has 0 spiro atoms. The summed E-state index contributed by atoms with van der Waals surface area (Å²) in [6.45, 7) is 0.472. The van der Waals surface area contributed by atoms with Crippen LogP contribution in [0.25, 0.3) is 11.1 Å². The van der Waals surface area contributed by atoms with Crippen LogP contribution in [-0.2, 0) is 9.59 Å². The summed E-state index contributed by atoms with van der Waals surface area (Å²) in [7, 11) is 1.67. The van der Waals surface area contributed by atoms with E-state index in [1.54, 1.807) is 19.2 Å². The van der Waals surface area contributed by atoms with Crippen LogP contribution in [0.4, 0.5) is 14.5 Å². The number of benzene rings is 2. The molecule has 9 heteroatoms. The molecule has 7 nitrogen and oxygen atoms in total. The van der Waals surface area contributed by atoms with E-state index in [1.807, 2.05) is 0 Å². The van der Waals surface area contributed by atoms with Crippen LogP contribution in [-0.4, -0.2) is 54.8 Å². The Morgan fingerprint density at radius 2 is 1.97 bits per heavy atom. The van der Waals surface area contributed by atoms with Gasteiger partial charge in [-0.25, -0.2) is 8.78 Å². The van der Waals surface area contributed by atoms with E-state index in [1.165, 1.54) is 17.0 Å². The molecule has 2 aliphatic heterocycles. The highest BCUT2D eigenvalue weighted by atomic mass is 19.1. The highest BCUT2D eigenvalue weighted by molar-refractivity contribution is 6.10. The quantitative estimate of drug-likeness (QED) is 0.694. The minimum atomic E-state index is -0.735. The first-order chi connectivity index (χ1) is 14.9. The third-order valence-electron chi connectivity index (χ3n) is 5.62. The fraction of sp³-hybridized carbons (Fsp3) is 0.318. The van der Waals surface area contributed by atoms with E-state index < -0.39 is 17.7 Å². The van der Waals surface area contributed by atoms with Gasteiger partial charge in [0.05, 0.1) is 17.8 Å². The highest BCUT2D eigenvalue weighted by Crippen LogP contribution is 2.32. The molecule has 2 heterocycles. The minimum Gasteiger partial charge on any atom is -0.352 e. The number of nitrogens with one attached hydrogen (secondary N) is 3. The van der Waals surface area contributed by atoms with E-state index in [-0.39, 0.29) is 41.4 Å². The molecule has 31 heavy (non-hydrogen) atoms. The van der Waals surface area contributed by atoms with Gasteiger partial charge in [-0.15, -0.1) is 0 Å². The van der Waals surface area contributed by atoms with Crippen molar-refractivity contribution >= 4 is 23.4 Å². The lowest BCUT2D eigenvalue weighted by Gasteiger charge is -2.37. The summed E-state index contributed by atoms with van der Waals surface area (Å²) in [5.74, 6) is -2.27. The maximum absolute atomic E-state index is 14.2.